The molecular weight excluding hydrogens is 128 g/mol. The van der Waals surface area contributed by atoms with Crippen molar-refractivity contribution in [3.63, 3.8) is 0 Å². The lowest BCUT2D eigenvalue weighted by Crippen LogP contribution is -2.02. The van der Waals surface area contributed by atoms with Gasteiger partial charge in [-0.2, -0.15) is 0 Å². The Balaban J connectivity index is 3.56. The van der Waals surface area contributed by atoms with Gasteiger partial charge in [0.25, 0.3) is 0 Å². The Morgan fingerprint density at radius 2 is 2.00 bits per heavy atom. The topological polar surface area (TPSA) is 51.2 Å². The summed E-state index contributed by atoms with van der Waals surface area (Å²) < 4.78 is 19.6. The Hall–Kier alpha value is -0.380. The van der Waals surface area contributed by atoms with E-state index in [1.807, 2.05) is 0 Å². The van der Waals surface area contributed by atoms with E-state index in [-0.39, 0.29) is 11.5 Å². The van der Waals surface area contributed by atoms with Crippen molar-refractivity contribution in [1.82, 2.24) is 0 Å². The SMILES string of the molecule is CCC(=O)C[SH](=O)=O. The first kappa shape index (κ1) is 7.62. The summed E-state index contributed by atoms with van der Waals surface area (Å²) in [5.41, 5.74) is 0. The molecule has 0 aliphatic rings. The number of carbonyl (C=O) groups is 1. The maximum atomic E-state index is 10.2. The zero-order valence-electron chi connectivity index (χ0n) is 4.59. The zero-order chi connectivity index (χ0) is 6.57. The number of rotatable bonds is 3. The van der Waals surface area contributed by atoms with E-state index in [0.717, 1.165) is 0 Å². The van der Waals surface area contributed by atoms with Gasteiger partial charge in [-0.25, -0.2) is 8.42 Å². The fourth-order valence-corrected chi connectivity index (χ4v) is 0.767. The van der Waals surface area contributed by atoms with Crippen molar-refractivity contribution in [3.8, 4) is 0 Å². The molecule has 0 heterocycles. The number of carbonyl (C=O) groups excluding carboxylic acids is 1. The van der Waals surface area contributed by atoms with Gasteiger partial charge in [-0.05, 0) is 0 Å². The van der Waals surface area contributed by atoms with Crippen molar-refractivity contribution in [3.05, 3.63) is 0 Å². The highest BCUT2D eigenvalue weighted by molar-refractivity contribution is 7.73. The molecule has 0 aromatic heterocycles. The van der Waals surface area contributed by atoms with Gasteiger partial charge in [-0.3, -0.25) is 4.79 Å². The Bertz CT molecular complexity index is 139. The van der Waals surface area contributed by atoms with Gasteiger partial charge in [0.05, 0.1) is 0 Å². The van der Waals surface area contributed by atoms with Crippen LogP contribution in [0.1, 0.15) is 13.3 Å². The molecular formula is C4H8O3S. The smallest absolute Gasteiger partial charge is 0.147 e. The fourth-order valence-electron chi connectivity index (χ4n) is 0.256. The van der Waals surface area contributed by atoms with Gasteiger partial charge in [0.15, 0.2) is 0 Å². The lowest BCUT2D eigenvalue weighted by Gasteiger charge is -1.82. The van der Waals surface area contributed by atoms with Gasteiger partial charge in [0, 0.05) is 6.42 Å². The third-order valence-corrected chi connectivity index (χ3v) is 1.31. The molecule has 0 radical (unpaired) electrons. The molecule has 4 heteroatoms. The largest absolute Gasteiger partial charge is 0.299 e. The third kappa shape index (κ3) is 3.80. The van der Waals surface area contributed by atoms with Gasteiger partial charge in [0.2, 0.25) is 0 Å². The molecule has 3 nitrogen and oxygen atoms in total. The molecule has 0 rings (SSSR count). The minimum absolute atomic E-state index is 0.221. The summed E-state index contributed by atoms with van der Waals surface area (Å²) >= 11 is 0. The molecule has 0 unspecified atom stereocenters. The summed E-state index contributed by atoms with van der Waals surface area (Å²) in [6, 6.07) is 0. The molecule has 0 amide bonds. The first-order valence-corrected chi connectivity index (χ1v) is 3.66. The van der Waals surface area contributed by atoms with Crippen LogP contribution in [0.4, 0.5) is 0 Å². The van der Waals surface area contributed by atoms with Crippen LogP contribution in [0.5, 0.6) is 0 Å². The number of thiol groups is 1. The molecule has 0 aromatic carbocycles. The van der Waals surface area contributed by atoms with E-state index >= 15 is 0 Å². The number of hydrogen-bond acceptors (Lipinski definition) is 3. The monoisotopic (exact) mass is 136 g/mol. The summed E-state index contributed by atoms with van der Waals surface area (Å²) in [7, 11) is -2.50. The van der Waals surface area contributed by atoms with Crippen LogP contribution in [0.2, 0.25) is 0 Å². The van der Waals surface area contributed by atoms with Crippen LogP contribution < -0.4 is 0 Å². The van der Waals surface area contributed by atoms with Crippen LogP contribution in [0.25, 0.3) is 0 Å². The van der Waals surface area contributed by atoms with Gasteiger partial charge >= 0.3 is 0 Å². The molecule has 0 N–H and O–H groups in total. The van der Waals surface area contributed by atoms with Crippen LogP contribution in [0.3, 0.4) is 0 Å². The molecule has 0 saturated heterocycles. The summed E-state index contributed by atoms with van der Waals surface area (Å²) in [6.07, 6.45) is 0.309. The highest BCUT2D eigenvalue weighted by atomic mass is 32.2. The van der Waals surface area contributed by atoms with E-state index in [4.69, 9.17) is 0 Å². The Morgan fingerprint density at radius 3 is 2.12 bits per heavy atom. The molecule has 0 atom stereocenters. The van der Waals surface area contributed by atoms with Crippen molar-refractivity contribution in [1.29, 1.82) is 0 Å². The van der Waals surface area contributed by atoms with Gasteiger partial charge < -0.3 is 0 Å². The summed E-state index contributed by atoms with van der Waals surface area (Å²) in [4.78, 5) is 10.2. The predicted octanol–water partition coefficient (Wildman–Crippen LogP) is -0.423. The molecule has 0 aromatic rings. The quantitative estimate of drug-likeness (QED) is 0.536. The van der Waals surface area contributed by atoms with Crippen molar-refractivity contribution in [2.24, 2.45) is 0 Å². The maximum Gasteiger partial charge on any atom is 0.147 e. The first-order chi connectivity index (χ1) is 3.66. The van der Waals surface area contributed by atoms with E-state index in [1.165, 1.54) is 0 Å². The number of ketones is 1. The molecule has 0 aliphatic heterocycles. The Labute approximate surface area is 49.7 Å². The molecule has 0 aliphatic carbocycles. The molecule has 0 spiro atoms. The van der Waals surface area contributed by atoms with Gasteiger partial charge in [-0.1, -0.05) is 6.92 Å². The van der Waals surface area contributed by atoms with Crippen molar-refractivity contribution < 1.29 is 13.2 Å². The Kier molecular flexibility index (Phi) is 3.43. The molecule has 0 fully saturated rings. The van der Waals surface area contributed by atoms with Crippen molar-refractivity contribution in [2.45, 2.75) is 13.3 Å². The van der Waals surface area contributed by atoms with E-state index < -0.39 is 10.7 Å². The Morgan fingerprint density at radius 1 is 1.50 bits per heavy atom. The lowest BCUT2D eigenvalue weighted by molar-refractivity contribution is -0.116. The molecule has 0 saturated carbocycles. The van der Waals surface area contributed by atoms with E-state index in [0.29, 0.717) is 6.42 Å². The van der Waals surface area contributed by atoms with Crippen LogP contribution in [0, 0.1) is 0 Å². The second kappa shape index (κ2) is 3.60. The normalized spacial score (nSPS) is 9.75. The maximum absolute atomic E-state index is 10.2. The van der Waals surface area contributed by atoms with Crippen LogP contribution in [0.15, 0.2) is 0 Å². The van der Waals surface area contributed by atoms with Gasteiger partial charge in [0.1, 0.15) is 22.2 Å². The zero-order valence-corrected chi connectivity index (χ0v) is 5.48. The highest BCUT2D eigenvalue weighted by Crippen LogP contribution is 1.78. The molecule has 0 bridgehead atoms. The number of hydrogen-bond donors (Lipinski definition) is 1. The summed E-state index contributed by atoms with van der Waals surface area (Å²) in [6.45, 7) is 1.64. The van der Waals surface area contributed by atoms with Crippen LogP contribution >= 0.6 is 0 Å². The second-order valence-corrected chi connectivity index (χ2v) is 2.36. The summed E-state index contributed by atoms with van der Waals surface area (Å²) in [5.74, 6) is -0.521. The number of Topliss-reactive ketones (excluding diaryl/α,β-unsaturated/α-hetero) is 1. The van der Waals surface area contributed by atoms with Crippen molar-refractivity contribution >= 4 is 16.5 Å². The average molecular weight is 136 g/mol. The molecule has 8 heavy (non-hydrogen) atoms. The van der Waals surface area contributed by atoms with Gasteiger partial charge in [-0.15, -0.1) is 0 Å². The highest BCUT2D eigenvalue weighted by Gasteiger charge is 1.96. The van der Waals surface area contributed by atoms with E-state index in [2.05, 4.69) is 0 Å². The van der Waals surface area contributed by atoms with Crippen LogP contribution in [-0.4, -0.2) is 20.0 Å². The second-order valence-electron chi connectivity index (χ2n) is 1.38. The minimum atomic E-state index is -2.50. The van der Waals surface area contributed by atoms with Crippen LogP contribution in [-0.2, 0) is 15.5 Å². The lowest BCUT2D eigenvalue weighted by atomic mass is 10.4. The standard InChI is InChI=1S/C4H8O3S/c1-2-4(5)3-8(6)7/h8H,2-3H2,1H3. The van der Waals surface area contributed by atoms with Crippen molar-refractivity contribution in [2.75, 3.05) is 5.75 Å². The minimum Gasteiger partial charge on any atom is -0.299 e. The van der Waals surface area contributed by atoms with E-state index in [1.54, 1.807) is 6.92 Å². The fraction of sp³-hybridized carbons (Fsp3) is 0.750. The average Bonchev–Trinajstić information content (AvgIpc) is 1.65. The predicted molar refractivity (Wildman–Crippen MR) is 30.5 cm³/mol. The van der Waals surface area contributed by atoms with E-state index in [9.17, 15) is 13.2 Å². The molecule has 48 valence electrons. The first-order valence-electron chi connectivity index (χ1n) is 2.30. The summed E-state index contributed by atoms with van der Waals surface area (Å²) in [5, 5.41) is 0. The third-order valence-electron chi connectivity index (χ3n) is 0.700.